The third-order valence-corrected chi connectivity index (χ3v) is 5.71. The molecule has 0 spiro atoms. The van der Waals surface area contributed by atoms with Crippen LogP contribution in [0.2, 0.25) is 0 Å². The lowest BCUT2D eigenvalue weighted by Gasteiger charge is -2.37. The van der Waals surface area contributed by atoms with E-state index in [0.29, 0.717) is 12.1 Å². The summed E-state index contributed by atoms with van der Waals surface area (Å²) in [6.45, 7) is 4.41. The zero-order valence-corrected chi connectivity index (χ0v) is 16.2. The zero-order valence-electron chi connectivity index (χ0n) is 16.2. The maximum absolute atomic E-state index is 12.6. The van der Waals surface area contributed by atoms with Crippen molar-refractivity contribution >= 4 is 28.6 Å². The van der Waals surface area contributed by atoms with Gasteiger partial charge in [0.05, 0.1) is 5.56 Å². The second-order valence-electron chi connectivity index (χ2n) is 7.45. The largest absolute Gasteiger partial charge is 0.422 e. The molecule has 0 aliphatic carbocycles. The predicted octanol–water partition coefficient (Wildman–Crippen LogP) is 2.88. The minimum Gasteiger partial charge on any atom is -0.422 e. The number of amides is 1. The summed E-state index contributed by atoms with van der Waals surface area (Å²) in [5, 5.41) is 10.2. The first-order chi connectivity index (χ1) is 13.5. The molecule has 0 bridgehead atoms. The molecule has 0 N–H and O–H groups in total. The van der Waals surface area contributed by atoms with E-state index in [0.717, 1.165) is 49.7 Å². The number of aryl methyl sites for hydroxylation is 2. The van der Waals surface area contributed by atoms with Crippen LogP contribution in [0.25, 0.3) is 17.0 Å². The van der Waals surface area contributed by atoms with Crippen molar-refractivity contribution in [2.75, 3.05) is 31.6 Å². The van der Waals surface area contributed by atoms with Crippen molar-refractivity contribution in [3.05, 3.63) is 44.8 Å². The maximum atomic E-state index is 12.6. The number of hydrogen-bond donors (Lipinski definition) is 0. The van der Waals surface area contributed by atoms with Crippen LogP contribution in [0.4, 0.5) is 5.69 Å². The molecule has 0 saturated carbocycles. The normalized spacial score (nSPS) is 15.9. The molecule has 1 amide bonds. The average Bonchev–Trinajstić information content (AvgIpc) is 2.72. The van der Waals surface area contributed by atoms with Crippen molar-refractivity contribution in [2.45, 2.75) is 32.6 Å². The van der Waals surface area contributed by atoms with Crippen LogP contribution in [0.1, 0.15) is 36.5 Å². The lowest BCUT2D eigenvalue weighted by molar-refractivity contribution is -0.125. The fourth-order valence-corrected chi connectivity index (χ4v) is 4.21. The summed E-state index contributed by atoms with van der Waals surface area (Å²) in [6.07, 6.45) is 5.43. The highest BCUT2D eigenvalue weighted by Gasteiger charge is 2.27. The average molecular weight is 377 g/mol. The van der Waals surface area contributed by atoms with Crippen molar-refractivity contribution in [1.29, 1.82) is 5.26 Å². The van der Waals surface area contributed by atoms with Gasteiger partial charge in [0, 0.05) is 43.3 Å². The molecule has 28 heavy (non-hydrogen) atoms. The maximum Gasteiger partial charge on any atom is 0.343 e. The number of likely N-dealkylation sites (N-methyl/N-ethyl adjacent to an activating group) is 1. The minimum absolute atomic E-state index is 0.0681. The minimum atomic E-state index is -0.517. The molecular formula is C22H23N3O3. The highest BCUT2D eigenvalue weighted by atomic mass is 16.4. The van der Waals surface area contributed by atoms with E-state index in [1.165, 1.54) is 22.2 Å². The summed E-state index contributed by atoms with van der Waals surface area (Å²) >= 11 is 0. The predicted molar refractivity (Wildman–Crippen MR) is 108 cm³/mol. The van der Waals surface area contributed by atoms with E-state index in [9.17, 15) is 14.9 Å². The number of carbonyl (C=O) groups excluding carboxylic acids is 1. The SMILES string of the molecule is CCN(C)C(=O)/C(C#N)=C/c1cc2cc3c4c(c2oc1=O)CCCN4CCC3. The molecule has 2 aromatic rings. The molecule has 0 radical (unpaired) electrons. The van der Waals surface area contributed by atoms with Crippen LogP contribution < -0.4 is 10.5 Å². The van der Waals surface area contributed by atoms with Gasteiger partial charge in [-0.25, -0.2) is 4.79 Å². The number of rotatable bonds is 3. The molecule has 2 aliphatic heterocycles. The van der Waals surface area contributed by atoms with Gasteiger partial charge in [-0.1, -0.05) is 0 Å². The number of nitrogens with zero attached hydrogens (tertiary/aromatic N) is 3. The number of carbonyl (C=O) groups is 1. The topological polar surface area (TPSA) is 77.5 Å². The number of nitriles is 1. The van der Waals surface area contributed by atoms with E-state index in [2.05, 4.69) is 11.0 Å². The number of fused-ring (bicyclic) bond motifs is 2. The summed E-state index contributed by atoms with van der Waals surface area (Å²) in [5.41, 5.74) is 3.94. The summed E-state index contributed by atoms with van der Waals surface area (Å²) in [4.78, 5) is 28.8. The Hall–Kier alpha value is -3.07. The molecule has 0 fully saturated rings. The third-order valence-electron chi connectivity index (χ3n) is 5.71. The molecule has 6 nitrogen and oxygen atoms in total. The van der Waals surface area contributed by atoms with Gasteiger partial charge >= 0.3 is 5.63 Å². The third kappa shape index (κ3) is 2.97. The van der Waals surface area contributed by atoms with Crippen molar-refractivity contribution in [3.63, 3.8) is 0 Å². The second-order valence-corrected chi connectivity index (χ2v) is 7.45. The Bertz CT molecular complexity index is 1090. The second kappa shape index (κ2) is 7.16. The molecule has 0 unspecified atom stereocenters. The van der Waals surface area contributed by atoms with Gasteiger partial charge in [0.15, 0.2) is 0 Å². The molecule has 2 aliphatic rings. The first kappa shape index (κ1) is 18.3. The van der Waals surface area contributed by atoms with E-state index < -0.39 is 11.5 Å². The quantitative estimate of drug-likeness (QED) is 0.467. The highest BCUT2D eigenvalue weighted by molar-refractivity contribution is 6.02. The lowest BCUT2D eigenvalue weighted by atomic mass is 9.90. The van der Waals surface area contributed by atoms with Crippen LogP contribution in [-0.2, 0) is 17.6 Å². The van der Waals surface area contributed by atoms with Crippen molar-refractivity contribution in [3.8, 4) is 6.07 Å². The molecule has 0 atom stereocenters. The van der Waals surface area contributed by atoms with Gasteiger partial charge in [-0.2, -0.15) is 5.26 Å². The molecule has 3 heterocycles. The van der Waals surface area contributed by atoms with Crippen LogP contribution in [0, 0.1) is 11.3 Å². The molecule has 4 rings (SSSR count). The summed E-state index contributed by atoms with van der Waals surface area (Å²) < 4.78 is 5.71. The van der Waals surface area contributed by atoms with Gasteiger partial charge in [0.2, 0.25) is 0 Å². The van der Waals surface area contributed by atoms with E-state index in [4.69, 9.17) is 4.42 Å². The van der Waals surface area contributed by atoms with Gasteiger partial charge in [-0.3, -0.25) is 4.79 Å². The Balaban J connectivity index is 1.87. The van der Waals surface area contributed by atoms with Gasteiger partial charge in [0.25, 0.3) is 5.91 Å². The number of benzene rings is 1. The Morgan fingerprint density at radius 2 is 2.07 bits per heavy atom. The Kier molecular flexibility index (Phi) is 4.68. The lowest BCUT2D eigenvalue weighted by Crippen LogP contribution is -2.34. The van der Waals surface area contributed by atoms with Crippen LogP contribution in [0.3, 0.4) is 0 Å². The molecule has 6 heteroatoms. The van der Waals surface area contributed by atoms with Gasteiger partial charge < -0.3 is 14.2 Å². The standard InChI is InChI=1S/C22H23N3O3/c1-3-24(2)21(26)17(13-23)12-16-11-15-10-14-6-4-8-25-9-5-7-18(19(14)25)20(15)28-22(16)27/h10-12H,3-9H2,1-2H3/b17-12+. The zero-order chi connectivity index (χ0) is 19.8. The summed E-state index contributed by atoms with van der Waals surface area (Å²) in [6, 6.07) is 5.76. The highest BCUT2D eigenvalue weighted by Crippen LogP contribution is 2.39. The van der Waals surface area contributed by atoms with Gasteiger partial charge in [0.1, 0.15) is 17.2 Å². The van der Waals surface area contributed by atoms with Crippen molar-refractivity contribution < 1.29 is 9.21 Å². The smallest absolute Gasteiger partial charge is 0.343 e. The Morgan fingerprint density at radius 1 is 1.32 bits per heavy atom. The monoisotopic (exact) mass is 377 g/mol. The summed E-state index contributed by atoms with van der Waals surface area (Å²) in [5.74, 6) is -0.402. The van der Waals surface area contributed by atoms with Crippen LogP contribution in [0.5, 0.6) is 0 Å². The summed E-state index contributed by atoms with van der Waals surface area (Å²) in [7, 11) is 1.62. The molecule has 144 valence electrons. The van der Waals surface area contributed by atoms with Crippen LogP contribution in [0.15, 0.2) is 26.9 Å². The van der Waals surface area contributed by atoms with Crippen molar-refractivity contribution in [1.82, 2.24) is 4.90 Å². The van der Waals surface area contributed by atoms with E-state index in [1.54, 1.807) is 13.1 Å². The Labute approximate surface area is 163 Å². The first-order valence-corrected chi connectivity index (χ1v) is 9.78. The fourth-order valence-electron chi connectivity index (χ4n) is 4.21. The molecule has 1 aromatic heterocycles. The van der Waals surface area contributed by atoms with E-state index in [1.807, 2.05) is 13.0 Å². The van der Waals surface area contributed by atoms with Crippen LogP contribution >= 0.6 is 0 Å². The fraction of sp³-hybridized carbons (Fsp3) is 0.409. The first-order valence-electron chi connectivity index (χ1n) is 9.78. The van der Waals surface area contributed by atoms with E-state index >= 15 is 0 Å². The van der Waals surface area contributed by atoms with Gasteiger partial charge in [-0.05, 0) is 56.4 Å². The number of anilines is 1. The van der Waals surface area contributed by atoms with Crippen molar-refractivity contribution in [2.24, 2.45) is 0 Å². The van der Waals surface area contributed by atoms with E-state index in [-0.39, 0.29) is 11.1 Å². The van der Waals surface area contributed by atoms with Gasteiger partial charge in [-0.15, -0.1) is 0 Å². The Morgan fingerprint density at radius 3 is 2.79 bits per heavy atom. The van der Waals surface area contributed by atoms with Crippen LogP contribution in [-0.4, -0.2) is 37.5 Å². The molecule has 1 aromatic carbocycles. The number of hydrogen-bond acceptors (Lipinski definition) is 5. The molecule has 0 saturated heterocycles. The molecular weight excluding hydrogens is 354 g/mol.